The van der Waals surface area contributed by atoms with Gasteiger partial charge >= 0.3 is 0 Å². The second kappa shape index (κ2) is 7.08. The van der Waals surface area contributed by atoms with Gasteiger partial charge in [-0.05, 0) is 43.8 Å². The molecule has 1 heterocycles. The van der Waals surface area contributed by atoms with E-state index in [2.05, 4.69) is 64.3 Å². The van der Waals surface area contributed by atoms with Crippen molar-refractivity contribution in [2.45, 2.75) is 29.7 Å². The van der Waals surface area contributed by atoms with E-state index in [0.717, 1.165) is 21.6 Å². The summed E-state index contributed by atoms with van der Waals surface area (Å²) >= 11 is 5.21. The van der Waals surface area contributed by atoms with Gasteiger partial charge in [0.05, 0.1) is 5.69 Å². The molecule has 0 aliphatic rings. The van der Waals surface area contributed by atoms with E-state index in [1.807, 2.05) is 18.3 Å². The lowest BCUT2D eigenvalue weighted by atomic mass is 10.2. The lowest BCUT2D eigenvalue weighted by Crippen LogP contribution is -2.18. The van der Waals surface area contributed by atoms with Crippen molar-refractivity contribution >= 4 is 27.7 Å². The quantitative estimate of drug-likeness (QED) is 0.858. The van der Waals surface area contributed by atoms with E-state index in [1.165, 1.54) is 4.90 Å². The molecule has 0 saturated carbocycles. The molecule has 1 atom stereocenters. The Hall–Kier alpha value is -0.840. The minimum Gasteiger partial charge on any atom is -0.309 e. The molecule has 4 heteroatoms. The van der Waals surface area contributed by atoms with Crippen LogP contribution in [0.3, 0.4) is 0 Å². The van der Waals surface area contributed by atoms with E-state index < -0.39 is 0 Å². The monoisotopic (exact) mass is 336 g/mol. The fourth-order valence-electron chi connectivity index (χ4n) is 1.79. The molecule has 19 heavy (non-hydrogen) atoms. The fourth-order valence-corrected chi connectivity index (χ4v) is 3.18. The van der Waals surface area contributed by atoms with Gasteiger partial charge in [0.25, 0.3) is 0 Å². The van der Waals surface area contributed by atoms with E-state index in [0.29, 0.717) is 6.04 Å². The van der Waals surface area contributed by atoms with Gasteiger partial charge in [-0.2, -0.15) is 0 Å². The molecule has 1 aromatic heterocycles. The summed E-state index contributed by atoms with van der Waals surface area (Å²) in [6.45, 7) is 5.19. The van der Waals surface area contributed by atoms with Crippen LogP contribution in [0.2, 0.25) is 0 Å². The molecule has 1 N–H and O–H groups in total. The van der Waals surface area contributed by atoms with Crippen molar-refractivity contribution in [3.05, 3.63) is 52.8 Å². The van der Waals surface area contributed by atoms with Crippen LogP contribution in [0.25, 0.3) is 0 Å². The zero-order valence-electron chi connectivity index (χ0n) is 11.1. The average Bonchev–Trinajstić information content (AvgIpc) is 2.40. The van der Waals surface area contributed by atoms with Gasteiger partial charge in [-0.25, -0.2) is 0 Å². The Morgan fingerprint density at radius 2 is 2.11 bits per heavy atom. The van der Waals surface area contributed by atoms with Crippen LogP contribution in [0.15, 0.2) is 56.9 Å². The highest BCUT2D eigenvalue weighted by atomic mass is 79.9. The second-order valence-corrected chi connectivity index (χ2v) is 6.32. The van der Waals surface area contributed by atoms with Crippen molar-refractivity contribution in [3.63, 3.8) is 0 Å². The molecule has 100 valence electrons. The van der Waals surface area contributed by atoms with Gasteiger partial charge in [-0.15, -0.1) is 0 Å². The average molecular weight is 337 g/mol. The zero-order valence-corrected chi connectivity index (χ0v) is 13.5. The number of rotatable bonds is 5. The number of nitrogens with zero attached hydrogens (tertiary/aromatic N) is 1. The van der Waals surface area contributed by atoms with Gasteiger partial charge in [-0.3, -0.25) is 4.98 Å². The molecular weight excluding hydrogens is 320 g/mol. The summed E-state index contributed by atoms with van der Waals surface area (Å²) in [4.78, 5) is 6.89. The first-order chi connectivity index (χ1) is 9.19. The molecule has 0 fully saturated rings. The molecule has 0 amide bonds. The SMILES string of the molecule is CCNC(C)c1ccc(Sc2cccc(Br)c2)cn1. The van der Waals surface area contributed by atoms with Crippen molar-refractivity contribution in [1.82, 2.24) is 10.3 Å². The number of benzene rings is 1. The predicted molar refractivity (Wildman–Crippen MR) is 84.6 cm³/mol. The predicted octanol–water partition coefficient (Wildman–Crippen LogP) is 4.67. The number of hydrogen-bond acceptors (Lipinski definition) is 3. The van der Waals surface area contributed by atoms with Gasteiger partial charge in [0.1, 0.15) is 0 Å². The first kappa shape index (κ1) is 14.6. The summed E-state index contributed by atoms with van der Waals surface area (Å²) in [5, 5.41) is 3.36. The summed E-state index contributed by atoms with van der Waals surface area (Å²) < 4.78 is 1.10. The van der Waals surface area contributed by atoms with Crippen LogP contribution >= 0.6 is 27.7 Å². The van der Waals surface area contributed by atoms with Crippen LogP contribution in [-0.4, -0.2) is 11.5 Å². The third-order valence-electron chi connectivity index (χ3n) is 2.74. The molecule has 0 spiro atoms. The first-order valence-corrected chi connectivity index (χ1v) is 7.92. The van der Waals surface area contributed by atoms with Crippen molar-refractivity contribution in [2.75, 3.05) is 6.54 Å². The van der Waals surface area contributed by atoms with E-state index in [-0.39, 0.29) is 0 Å². The van der Waals surface area contributed by atoms with E-state index in [1.54, 1.807) is 11.8 Å². The molecule has 1 unspecified atom stereocenters. The smallest absolute Gasteiger partial charge is 0.0571 e. The molecule has 0 aliphatic carbocycles. The summed E-state index contributed by atoms with van der Waals surface area (Å²) in [6, 6.07) is 12.8. The van der Waals surface area contributed by atoms with Crippen LogP contribution in [0.4, 0.5) is 0 Å². The van der Waals surface area contributed by atoms with Crippen molar-refractivity contribution in [2.24, 2.45) is 0 Å². The zero-order chi connectivity index (χ0) is 13.7. The highest BCUT2D eigenvalue weighted by Crippen LogP contribution is 2.29. The topological polar surface area (TPSA) is 24.9 Å². The normalized spacial score (nSPS) is 12.4. The first-order valence-electron chi connectivity index (χ1n) is 6.32. The minimum absolute atomic E-state index is 0.301. The van der Waals surface area contributed by atoms with E-state index >= 15 is 0 Å². The van der Waals surface area contributed by atoms with Crippen LogP contribution in [0, 0.1) is 0 Å². The maximum atomic E-state index is 4.52. The summed E-state index contributed by atoms with van der Waals surface area (Å²) in [6.07, 6.45) is 1.94. The Balaban J connectivity index is 2.06. The lowest BCUT2D eigenvalue weighted by molar-refractivity contribution is 0.582. The molecule has 2 rings (SSSR count). The number of hydrogen-bond donors (Lipinski definition) is 1. The Morgan fingerprint density at radius 1 is 1.26 bits per heavy atom. The van der Waals surface area contributed by atoms with Gasteiger partial charge in [0.15, 0.2) is 0 Å². The molecule has 0 radical (unpaired) electrons. The third-order valence-corrected chi connectivity index (χ3v) is 4.21. The van der Waals surface area contributed by atoms with Crippen molar-refractivity contribution < 1.29 is 0 Å². The lowest BCUT2D eigenvalue weighted by Gasteiger charge is -2.11. The minimum atomic E-state index is 0.301. The Bertz CT molecular complexity index is 528. The van der Waals surface area contributed by atoms with Crippen molar-refractivity contribution in [3.8, 4) is 0 Å². The standard InChI is InChI=1S/C15H17BrN2S/c1-3-17-11(2)15-8-7-14(10-18-15)19-13-6-4-5-12(16)9-13/h4-11,17H,3H2,1-2H3. The Morgan fingerprint density at radius 3 is 2.74 bits per heavy atom. The Kier molecular flexibility index (Phi) is 5.43. The second-order valence-electron chi connectivity index (χ2n) is 4.26. The number of pyridine rings is 1. The highest BCUT2D eigenvalue weighted by molar-refractivity contribution is 9.10. The van der Waals surface area contributed by atoms with Gasteiger partial charge in [0.2, 0.25) is 0 Å². The summed E-state index contributed by atoms with van der Waals surface area (Å²) in [5.74, 6) is 0. The van der Waals surface area contributed by atoms with Crippen molar-refractivity contribution in [1.29, 1.82) is 0 Å². The number of halogens is 1. The molecule has 2 aromatic rings. The van der Waals surface area contributed by atoms with Gasteiger partial charge in [-0.1, -0.05) is 40.7 Å². The molecule has 1 aromatic carbocycles. The maximum Gasteiger partial charge on any atom is 0.0571 e. The molecule has 0 bridgehead atoms. The Labute approximate surface area is 127 Å². The third kappa shape index (κ3) is 4.34. The number of aromatic nitrogens is 1. The summed E-state index contributed by atoms with van der Waals surface area (Å²) in [7, 11) is 0. The van der Waals surface area contributed by atoms with E-state index in [9.17, 15) is 0 Å². The largest absolute Gasteiger partial charge is 0.309 e. The highest BCUT2D eigenvalue weighted by Gasteiger charge is 2.05. The summed E-state index contributed by atoms with van der Waals surface area (Å²) in [5.41, 5.74) is 1.08. The van der Waals surface area contributed by atoms with Gasteiger partial charge < -0.3 is 5.32 Å². The molecular formula is C15H17BrN2S. The molecule has 0 saturated heterocycles. The van der Waals surface area contributed by atoms with Gasteiger partial charge in [0, 0.05) is 26.5 Å². The number of nitrogens with one attached hydrogen (secondary N) is 1. The molecule has 0 aliphatic heterocycles. The van der Waals surface area contributed by atoms with Crippen LogP contribution in [-0.2, 0) is 0 Å². The van der Waals surface area contributed by atoms with Crippen LogP contribution in [0.5, 0.6) is 0 Å². The molecule has 2 nitrogen and oxygen atoms in total. The van der Waals surface area contributed by atoms with E-state index in [4.69, 9.17) is 0 Å². The fraction of sp³-hybridized carbons (Fsp3) is 0.267. The maximum absolute atomic E-state index is 4.52. The van der Waals surface area contributed by atoms with Crippen LogP contribution in [0.1, 0.15) is 25.6 Å². The van der Waals surface area contributed by atoms with Crippen LogP contribution < -0.4 is 5.32 Å².